The van der Waals surface area contributed by atoms with Crippen LogP contribution in [0, 0.1) is 5.82 Å². The monoisotopic (exact) mass is 382 g/mol. The fraction of sp³-hybridized carbons (Fsp3) is 0.238. The minimum absolute atomic E-state index is 0.190. The van der Waals surface area contributed by atoms with Gasteiger partial charge in [-0.1, -0.05) is 24.3 Å². The summed E-state index contributed by atoms with van der Waals surface area (Å²) in [7, 11) is 3.21. The molecule has 0 saturated carbocycles. The van der Waals surface area contributed by atoms with Gasteiger partial charge in [0.25, 0.3) is 0 Å². The number of hydrogen-bond donors (Lipinski definition) is 2. The minimum Gasteiger partial charge on any atom is -0.493 e. The number of rotatable bonds is 9. The normalized spacial score (nSPS) is 10.4. The molecule has 28 heavy (non-hydrogen) atoms. The Balaban J connectivity index is 1.55. The standard InChI is InChI=1S/C21H23FN4O2/c1-27-18-8-7-15(13-19(18)28-2)14-25-21-24-12-10-20(26-21)23-11-9-16-5-3-4-6-17(16)22/h3-8,10,12-13H,9,11,14H2,1-2H3,(H2,23,24,25,26). The molecule has 2 aromatic carbocycles. The van der Waals surface area contributed by atoms with Crippen LogP contribution >= 0.6 is 0 Å². The predicted octanol–water partition coefficient (Wildman–Crippen LogP) is 3.90. The predicted molar refractivity (Wildman–Crippen MR) is 107 cm³/mol. The lowest BCUT2D eigenvalue weighted by atomic mass is 10.1. The Labute approximate surface area is 163 Å². The Morgan fingerprint density at radius 1 is 0.964 bits per heavy atom. The van der Waals surface area contributed by atoms with E-state index in [9.17, 15) is 4.39 Å². The van der Waals surface area contributed by atoms with Crippen molar-refractivity contribution in [1.82, 2.24) is 9.97 Å². The highest BCUT2D eigenvalue weighted by Crippen LogP contribution is 2.27. The molecule has 0 fully saturated rings. The van der Waals surface area contributed by atoms with Crippen molar-refractivity contribution in [3.05, 3.63) is 71.7 Å². The number of halogens is 1. The molecule has 3 rings (SSSR count). The van der Waals surface area contributed by atoms with Crippen LogP contribution in [0.2, 0.25) is 0 Å². The SMILES string of the molecule is COc1ccc(CNc2nccc(NCCc3ccccc3F)n2)cc1OC. The largest absolute Gasteiger partial charge is 0.493 e. The number of aromatic nitrogens is 2. The van der Waals surface area contributed by atoms with Gasteiger partial charge in [-0.2, -0.15) is 4.98 Å². The number of methoxy groups -OCH3 is 2. The van der Waals surface area contributed by atoms with Crippen molar-refractivity contribution in [1.29, 1.82) is 0 Å². The molecule has 146 valence electrons. The number of ether oxygens (including phenoxy) is 2. The summed E-state index contributed by atoms with van der Waals surface area (Å²) >= 11 is 0. The molecule has 7 heteroatoms. The summed E-state index contributed by atoms with van der Waals surface area (Å²) in [4.78, 5) is 8.67. The lowest BCUT2D eigenvalue weighted by Gasteiger charge is -2.11. The van der Waals surface area contributed by atoms with Crippen molar-refractivity contribution in [3.8, 4) is 11.5 Å². The van der Waals surface area contributed by atoms with Crippen LogP contribution < -0.4 is 20.1 Å². The van der Waals surface area contributed by atoms with Gasteiger partial charge in [0.15, 0.2) is 11.5 Å². The average molecular weight is 382 g/mol. The highest BCUT2D eigenvalue weighted by Gasteiger charge is 2.06. The molecule has 0 amide bonds. The fourth-order valence-corrected chi connectivity index (χ4v) is 2.74. The summed E-state index contributed by atoms with van der Waals surface area (Å²) in [6, 6.07) is 14.3. The second-order valence-electron chi connectivity index (χ2n) is 6.08. The van der Waals surface area contributed by atoms with E-state index in [0.717, 1.165) is 5.56 Å². The van der Waals surface area contributed by atoms with E-state index >= 15 is 0 Å². The molecule has 0 spiro atoms. The topological polar surface area (TPSA) is 68.3 Å². The van der Waals surface area contributed by atoms with Crippen molar-refractivity contribution in [2.75, 3.05) is 31.4 Å². The van der Waals surface area contributed by atoms with Crippen LogP contribution in [0.1, 0.15) is 11.1 Å². The van der Waals surface area contributed by atoms with Gasteiger partial charge in [-0.3, -0.25) is 0 Å². The molecule has 1 heterocycles. The molecule has 3 aromatic rings. The smallest absolute Gasteiger partial charge is 0.224 e. The Morgan fingerprint density at radius 2 is 1.79 bits per heavy atom. The first kappa shape index (κ1) is 19.4. The number of nitrogens with zero attached hydrogens (tertiary/aromatic N) is 2. The maximum absolute atomic E-state index is 13.7. The lowest BCUT2D eigenvalue weighted by molar-refractivity contribution is 0.354. The van der Waals surface area contributed by atoms with Gasteiger partial charge in [0.2, 0.25) is 5.95 Å². The van der Waals surface area contributed by atoms with Crippen LogP contribution in [-0.2, 0) is 13.0 Å². The molecule has 6 nitrogen and oxygen atoms in total. The van der Waals surface area contributed by atoms with E-state index in [1.165, 1.54) is 6.07 Å². The Bertz CT molecular complexity index is 920. The number of hydrogen-bond acceptors (Lipinski definition) is 6. The second kappa shape index (κ2) is 9.55. The summed E-state index contributed by atoms with van der Waals surface area (Å²) in [6.45, 7) is 1.12. The van der Waals surface area contributed by atoms with Crippen LogP contribution in [0.3, 0.4) is 0 Å². The fourth-order valence-electron chi connectivity index (χ4n) is 2.74. The van der Waals surface area contributed by atoms with Gasteiger partial charge in [-0.25, -0.2) is 9.37 Å². The molecule has 0 radical (unpaired) electrons. The molecule has 0 saturated heterocycles. The van der Waals surface area contributed by atoms with Gasteiger partial charge in [0.05, 0.1) is 14.2 Å². The van der Waals surface area contributed by atoms with Gasteiger partial charge < -0.3 is 20.1 Å². The molecule has 0 aliphatic heterocycles. The summed E-state index contributed by atoms with van der Waals surface area (Å²) in [5, 5.41) is 6.39. The molecule has 2 N–H and O–H groups in total. The first-order valence-corrected chi connectivity index (χ1v) is 8.94. The van der Waals surface area contributed by atoms with Crippen LogP contribution in [0.25, 0.3) is 0 Å². The van der Waals surface area contributed by atoms with E-state index in [-0.39, 0.29) is 5.82 Å². The van der Waals surface area contributed by atoms with Gasteiger partial charge >= 0.3 is 0 Å². The third kappa shape index (κ3) is 5.09. The summed E-state index contributed by atoms with van der Waals surface area (Å²) < 4.78 is 24.2. The number of benzene rings is 2. The summed E-state index contributed by atoms with van der Waals surface area (Å²) in [6.07, 6.45) is 2.25. The van der Waals surface area contributed by atoms with Crippen molar-refractivity contribution in [2.24, 2.45) is 0 Å². The quantitative estimate of drug-likeness (QED) is 0.585. The van der Waals surface area contributed by atoms with Crippen molar-refractivity contribution in [3.63, 3.8) is 0 Å². The third-order valence-electron chi connectivity index (χ3n) is 4.21. The highest BCUT2D eigenvalue weighted by atomic mass is 19.1. The van der Waals surface area contributed by atoms with Crippen LogP contribution in [-0.4, -0.2) is 30.7 Å². The van der Waals surface area contributed by atoms with Gasteiger partial charge in [0.1, 0.15) is 11.6 Å². The highest BCUT2D eigenvalue weighted by molar-refractivity contribution is 5.44. The van der Waals surface area contributed by atoms with E-state index in [0.29, 0.717) is 48.3 Å². The maximum Gasteiger partial charge on any atom is 0.224 e. The zero-order valence-corrected chi connectivity index (χ0v) is 15.9. The molecule has 0 bridgehead atoms. The van der Waals surface area contributed by atoms with Crippen LogP contribution in [0.4, 0.5) is 16.2 Å². The van der Waals surface area contributed by atoms with E-state index in [1.54, 1.807) is 38.6 Å². The van der Waals surface area contributed by atoms with E-state index in [1.807, 2.05) is 24.3 Å². The average Bonchev–Trinajstić information content (AvgIpc) is 2.73. The van der Waals surface area contributed by atoms with Gasteiger partial charge in [-0.05, 0) is 41.8 Å². The Morgan fingerprint density at radius 3 is 2.57 bits per heavy atom. The third-order valence-corrected chi connectivity index (χ3v) is 4.21. The summed E-state index contributed by atoms with van der Waals surface area (Å²) in [5.74, 6) is 2.35. The second-order valence-corrected chi connectivity index (χ2v) is 6.08. The minimum atomic E-state index is -0.190. The zero-order valence-electron chi connectivity index (χ0n) is 15.9. The zero-order chi connectivity index (χ0) is 19.8. The molecule has 0 atom stereocenters. The maximum atomic E-state index is 13.7. The van der Waals surface area contributed by atoms with E-state index in [4.69, 9.17) is 9.47 Å². The summed E-state index contributed by atoms with van der Waals surface area (Å²) in [5.41, 5.74) is 1.69. The molecule has 0 unspecified atom stereocenters. The van der Waals surface area contributed by atoms with Crippen LogP contribution in [0.15, 0.2) is 54.7 Å². The first-order valence-electron chi connectivity index (χ1n) is 8.94. The van der Waals surface area contributed by atoms with Gasteiger partial charge in [-0.15, -0.1) is 0 Å². The van der Waals surface area contributed by atoms with Crippen LogP contribution in [0.5, 0.6) is 11.5 Å². The Hall–Kier alpha value is -3.35. The number of nitrogens with one attached hydrogen (secondary N) is 2. The molecule has 0 aliphatic rings. The molecule has 1 aromatic heterocycles. The van der Waals surface area contributed by atoms with Crippen molar-refractivity contribution in [2.45, 2.75) is 13.0 Å². The molecular formula is C21H23FN4O2. The Kier molecular flexibility index (Phi) is 6.62. The van der Waals surface area contributed by atoms with E-state index in [2.05, 4.69) is 20.6 Å². The van der Waals surface area contributed by atoms with Crippen molar-refractivity contribution >= 4 is 11.8 Å². The van der Waals surface area contributed by atoms with Crippen molar-refractivity contribution < 1.29 is 13.9 Å². The van der Waals surface area contributed by atoms with Gasteiger partial charge in [0, 0.05) is 19.3 Å². The van der Waals surface area contributed by atoms with E-state index < -0.39 is 0 Å². The molecular weight excluding hydrogens is 359 g/mol. The number of anilines is 2. The first-order chi connectivity index (χ1) is 13.7. The lowest BCUT2D eigenvalue weighted by Crippen LogP contribution is -2.09. The molecule has 0 aliphatic carbocycles.